The van der Waals surface area contributed by atoms with Crippen molar-refractivity contribution in [3.05, 3.63) is 46.6 Å². The van der Waals surface area contributed by atoms with E-state index in [4.69, 9.17) is 16.3 Å². The minimum atomic E-state index is -0.424. The summed E-state index contributed by atoms with van der Waals surface area (Å²) in [4.78, 5) is 16.8. The van der Waals surface area contributed by atoms with Crippen molar-refractivity contribution < 1.29 is 9.13 Å². The molecule has 4 heterocycles. The molecule has 0 aliphatic rings. The third kappa shape index (κ3) is 2.85. The molecule has 0 aliphatic carbocycles. The second-order valence-electron chi connectivity index (χ2n) is 5.32. The van der Waals surface area contributed by atoms with E-state index in [1.165, 1.54) is 19.5 Å². The van der Waals surface area contributed by atoms with Gasteiger partial charge in [-0.3, -0.25) is 4.40 Å². The third-order valence-corrected chi connectivity index (χ3v) is 4.70. The number of nitrogens with zero attached hydrogens (tertiary/aromatic N) is 5. The number of methoxy groups -OCH3 is 1. The summed E-state index contributed by atoms with van der Waals surface area (Å²) in [5.74, 6) is 0. The van der Waals surface area contributed by atoms with Gasteiger partial charge in [0.05, 0.1) is 41.6 Å². The Hall–Kier alpha value is -2.78. The van der Waals surface area contributed by atoms with Gasteiger partial charge in [0.15, 0.2) is 10.8 Å². The van der Waals surface area contributed by atoms with Crippen LogP contribution < -0.4 is 10.1 Å². The summed E-state index contributed by atoms with van der Waals surface area (Å²) >= 11 is 7.06. The third-order valence-electron chi connectivity index (χ3n) is 3.65. The van der Waals surface area contributed by atoms with Crippen LogP contribution in [0.1, 0.15) is 5.69 Å². The molecule has 0 radical (unpaired) electrons. The first-order valence-electron chi connectivity index (χ1n) is 7.49. The molecule has 26 heavy (non-hydrogen) atoms. The molecule has 0 atom stereocenters. The number of ether oxygens (including phenoxy) is 1. The number of fused-ring (bicyclic) bond motifs is 1. The number of imidazole rings is 1. The summed E-state index contributed by atoms with van der Waals surface area (Å²) in [6, 6.07) is 3.76. The largest absolute Gasteiger partial charge is 0.467 e. The number of aromatic nitrogens is 5. The molecule has 10 heteroatoms. The van der Waals surface area contributed by atoms with Crippen LogP contribution in [0.2, 0.25) is 5.02 Å². The van der Waals surface area contributed by atoms with Gasteiger partial charge in [0.25, 0.3) is 0 Å². The molecule has 0 amide bonds. The molecule has 0 saturated carbocycles. The number of hydrogen-bond acceptors (Lipinski definition) is 7. The number of pyridine rings is 1. The summed E-state index contributed by atoms with van der Waals surface area (Å²) in [5, 5.41) is 3.43. The molecule has 132 valence electrons. The lowest BCUT2D eigenvalue weighted by atomic mass is 10.3. The Morgan fingerprint density at radius 2 is 2.04 bits per heavy atom. The minimum absolute atomic E-state index is 0.208. The molecular weight excluding hydrogens is 379 g/mol. The van der Waals surface area contributed by atoms with Gasteiger partial charge in [0.2, 0.25) is 5.13 Å². The summed E-state index contributed by atoms with van der Waals surface area (Å²) in [6.45, 7) is 1.79. The zero-order valence-corrected chi connectivity index (χ0v) is 15.3. The predicted octanol–water partition coefficient (Wildman–Crippen LogP) is 4.10. The first kappa shape index (κ1) is 16.7. The molecule has 0 fully saturated rings. The molecule has 0 aliphatic heterocycles. The maximum Gasteiger partial charge on any atom is 0.316 e. The average molecular weight is 391 g/mol. The van der Waals surface area contributed by atoms with Crippen molar-refractivity contribution in [3.63, 3.8) is 0 Å². The number of anilines is 2. The topological polar surface area (TPSA) is 77.2 Å². The maximum absolute atomic E-state index is 14.6. The van der Waals surface area contributed by atoms with Crippen LogP contribution in [0.4, 0.5) is 15.2 Å². The zero-order valence-electron chi connectivity index (χ0n) is 13.7. The fraction of sp³-hybridized carbons (Fsp3) is 0.125. The molecule has 0 saturated heterocycles. The molecule has 0 unspecified atom stereocenters. The second kappa shape index (κ2) is 6.50. The predicted molar refractivity (Wildman–Crippen MR) is 97.9 cm³/mol. The molecule has 7 nitrogen and oxygen atoms in total. The smallest absolute Gasteiger partial charge is 0.316 e. The average Bonchev–Trinajstić information content (AvgIpc) is 3.15. The van der Waals surface area contributed by atoms with E-state index in [0.717, 1.165) is 11.3 Å². The summed E-state index contributed by atoms with van der Waals surface area (Å²) in [5.41, 5.74) is 2.55. The van der Waals surface area contributed by atoms with E-state index < -0.39 is 5.13 Å². The lowest BCUT2D eigenvalue weighted by Crippen LogP contribution is -1.95. The van der Waals surface area contributed by atoms with E-state index in [1.54, 1.807) is 29.7 Å². The van der Waals surface area contributed by atoms with Crippen molar-refractivity contribution in [2.45, 2.75) is 6.92 Å². The maximum atomic E-state index is 14.6. The van der Waals surface area contributed by atoms with Crippen molar-refractivity contribution in [1.82, 2.24) is 24.3 Å². The van der Waals surface area contributed by atoms with Crippen LogP contribution in [0.3, 0.4) is 0 Å². The standard InChI is InChI=1S/C16H12ClFN6OS/c1-8-12(24-5-3-4-10(17)14(24)21-8)11-13(18)26-16(23-11)22-9-6-19-15(25-2)20-7-9/h3-7H,1-2H3,(H,22,23). The van der Waals surface area contributed by atoms with Gasteiger partial charge in [-0.1, -0.05) is 22.9 Å². The number of aryl methyl sites for hydroxylation is 1. The van der Waals surface area contributed by atoms with E-state index in [9.17, 15) is 4.39 Å². The van der Waals surface area contributed by atoms with Crippen LogP contribution in [0, 0.1) is 12.1 Å². The van der Waals surface area contributed by atoms with Gasteiger partial charge >= 0.3 is 6.01 Å². The van der Waals surface area contributed by atoms with E-state index in [1.807, 2.05) is 0 Å². The SMILES string of the molecule is COc1ncc(Nc2nc(-c3c(C)nc4c(Cl)cccn34)c(F)s2)cn1. The van der Waals surface area contributed by atoms with Crippen molar-refractivity contribution in [1.29, 1.82) is 0 Å². The van der Waals surface area contributed by atoms with Crippen molar-refractivity contribution >= 4 is 39.4 Å². The van der Waals surface area contributed by atoms with E-state index >= 15 is 0 Å². The molecule has 1 N–H and O–H groups in total. The van der Waals surface area contributed by atoms with Crippen LogP contribution in [0.5, 0.6) is 6.01 Å². The molecule has 4 aromatic rings. The minimum Gasteiger partial charge on any atom is -0.467 e. The van der Waals surface area contributed by atoms with E-state index in [2.05, 4.69) is 25.3 Å². The number of thiazole rings is 1. The monoisotopic (exact) mass is 390 g/mol. The van der Waals surface area contributed by atoms with Crippen molar-refractivity contribution in [2.24, 2.45) is 0 Å². The normalized spacial score (nSPS) is 11.1. The van der Waals surface area contributed by atoms with Crippen LogP contribution in [-0.4, -0.2) is 31.4 Å². The first-order chi connectivity index (χ1) is 12.6. The Kier molecular flexibility index (Phi) is 4.17. The van der Waals surface area contributed by atoms with Gasteiger partial charge in [0, 0.05) is 6.20 Å². The Bertz CT molecular complexity index is 1090. The lowest BCUT2D eigenvalue weighted by Gasteiger charge is -2.02. The molecular formula is C16H12ClFN6OS. The molecule has 0 aromatic carbocycles. The van der Waals surface area contributed by atoms with Crippen LogP contribution in [0.15, 0.2) is 30.7 Å². The Labute approximate surface area is 156 Å². The molecule has 0 bridgehead atoms. The van der Waals surface area contributed by atoms with Crippen LogP contribution >= 0.6 is 22.9 Å². The highest BCUT2D eigenvalue weighted by Gasteiger charge is 2.21. The molecule has 4 aromatic heterocycles. The molecule has 0 spiro atoms. The number of rotatable bonds is 4. The number of halogens is 2. The number of nitrogens with one attached hydrogen (secondary N) is 1. The van der Waals surface area contributed by atoms with Crippen molar-refractivity contribution in [3.8, 4) is 17.4 Å². The summed E-state index contributed by atoms with van der Waals surface area (Å²) in [6.07, 6.45) is 4.84. The van der Waals surface area contributed by atoms with Gasteiger partial charge < -0.3 is 10.1 Å². The highest BCUT2D eigenvalue weighted by molar-refractivity contribution is 7.14. The lowest BCUT2D eigenvalue weighted by molar-refractivity contribution is 0.380. The van der Waals surface area contributed by atoms with Gasteiger partial charge in [-0.25, -0.2) is 19.9 Å². The fourth-order valence-electron chi connectivity index (χ4n) is 2.54. The second-order valence-corrected chi connectivity index (χ2v) is 6.68. The van der Waals surface area contributed by atoms with Crippen LogP contribution in [-0.2, 0) is 0 Å². The highest BCUT2D eigenvalue weighted by atomic mass is 35.5. The van der Waals surface area contributed by atoms with Gasteiger partial charge in [-0.2, -0.15) is 4.39 Å². The fourth-order valence-corrected chi connectivity index (χ4v) is 3.46. The Morgan fingerprint density at radius 1 is 1.27 bits per heavy atom. The number of hydrogen-bond donors (Lipinski definition) is 1. The van der Waals surface area contributed by atoms with Crippen molar-refractivity contribution in [2.75, 3.05) is 12.4 Å². The summed E-state index contributed by atoms with van der Waals surface area (Å²) in [7, 11) is 1.48. The quantitative estimate of drug-likeness (QED) is 0.565. The highest BCUT2D eigenvalue weighted by Crippen LogP contribution is 2.34. The Balaban J connectivity index is 1.73. The van der Waals surface area contributed by atoms with E-state index in [-0.39, 0.29) is 11.7 Å². The molecule has 4 rings (SSSR count). The van der Waals surface area contributed by atoms with E-state index in [0.29, 0.717) is 32.9 Å². The van der Waals surface area contributed by atoms with Gasteiger partial charge in [-0.05, 0) is 19.1 Å². The van der Waals surface area contributed by atoms with Gasteiger partial charge in [-0.15, -0.1) is 0 Å². The van der Waals surface area contributed by atoms with Gasteiger partial charge in [0.1, 0.15) is 5.69 Å². The zero-order chi connectivity index (χ0) is 18.3. The first-order valence-corrected chi connectivity index (χ1v) is 8.69. The Morgan fingerprint density at radius 3 is 2.77 bits per heavy atom. The van der Waals surface area contributed by atoms with Crippen LogP contribution in [0.25, 0.3) is 17.0 Å². The summed E-state index contributed by atoms with van der Waals surface area (Å²) < 4.78 is 21.2.